The van der Waals surface area contributed by atoms with Gasteiger partial charge in [-0.05, 0) is 37.5 Å². The zero-order valence-corrected chi connectivity index (χ0v) is 10.6. The summed E-state index contributed by atoms with van der Waals surface area (Å²) < 4.78 is 0. The molecule has 2 fully saturated rings. The van der Waals surface area contributed by atoms with Gasteiger partial charge in [0.15, 0.2) is 0 Å². The van der Waals surface area contributed by atoms with Crippen LogP contribution in [-0.4, -0.2) is 28.0 Å². The Morgan fingerprint density at radius 2 is 1.75 bits per heavy atom. The van der Waals surface area contributed by atoms with Gasteiger partial charge in [-0.1, -0.05) is 0 Å². The summed E-state index contributed by atoms with van der Waals surface area (Å²) in [6.07, 6.45) is 2.00. The number of phenols is 1. The third-order valence-electron chi connectivity index (χ3n) is 4.04. The first kappa shape index (κ1) is 12.7. The summed E-state index contributed by atoms with van der Waals surface area (Å²) in [4.78, 5) is 36.6. The van der Waals surface area contributed by atoms with Crippen LogP contribution in [0.15, 0.2) is 18.2 Å². The lowest BCUT2D eigenvalue weighted by molar-refractivity contribution is -0.133. The molecule has 1 aromatic carbocycles. The van der Waals surface area contributed by atoms with Gasteiger partial charge in [0.1, 0.15) is 11.3 Å². The molecule has 6 heteroatoms. The van der Waals surface area contributed by atoms with Crippen LogP contribution in [0.3, 0.4) is 0 Å². The van der Waals surface area contributed by atoms with E-state index >= 15 is 0 Å². The molecule has 20 heavy (non-hydrogen) atoms. The number of fused-ring (bicyclic) bond motifs is 2. The van der Waals surface area contributed by atoms with Crippen molar-refractivity contribution in [3.8, 4) is 5.75 Å². The first-order valence-electron chi connectivity index (χ1n) is 6.43. The molecule has 0 radical (unpaired) electrons. The number of aromatic carboxylic acids is 1. The second-order valence-corrected chi connectivity index (χ2v) is 5.23. The molecule has 1 aromatic rings. The van der Waals surface area contributed by atoms with E-state index in [4.69, 9.17) is 5.11 Å². The summed E-state index contributed by atoms with van der Waals surface area (Å²) in [5.74, 6) is -2.54. The van der Waals surface area contributed by atoms with Crippen LogP contribution >= 0.6 is 0 Å². The minimum atomic E-state index is -1.30. The highest BCUT2D eigenvalue weighted by molar-refractivity contribution is 6.19. The summed E-state index contributed by atoms with van der Waals surface area (Å²) in [5.41, 5.74) is -0.104. The Morgan fingerprint density at radius 3 is 2.30 bits per heavy atom. The van der Waals surface area contributed by atoms with Crippen molar-refractivity contribution < 1.29 is 24.6 Å². The zero-order valence-electron chi connectivity index (χ0n) is 10.6. The third kappa shape index (κ3) is 1.76. The van der Waals surface area contributed by atoms with Gasteiger partial charge < -0.3 is 10.2 Å². The number of amides is 2. The quantitative estimate of drug-likeness (QED) is 0.795. The number of nitrogens with zero attached hydrogens (tertiary/aromatic N) is 1. The maximum atomic E-state index is 12.3. The van der Waals surface area contributed by atoms with Gasteiger partial charge in [0.25, 0.3) is 0 Å². The molecule has 1 saturated carbocycles. The molecule has 6 nitrogen and oxygen atoms in total. The van der Waals surface area contributed by atoms with Gasteiger partial charge in [-0.25, -0.2) is 4.79 Å². The molecular weight excluding hydrogens is 262 g/mol. The number of piperidine rings is 1. The number of aromatic hydroxyl groups is 1. The largest absolute Gasteiger partial charge is 0.507 e. The molecule has 0 spiro atoms. The summed E-state index contributed by atoms with van der Waals surface area (Å²) in [7, 11) is 0. The molecule has 2 atom stereocenters. The molecule has 2 bridgehead atoms. The van der Waals surface area contributed by atoms with Crippen molar-refractivity contribution in [2.75, 3.05) is 4.90 Å². The molecule has 2 aliphatic rings. The van der Waals surface area contributed by atoms with E-state index in [1.807, 2.05) is 0 Å². The number of carbonyl (C=O) groups excluding carboxylic acids is 2. The van der Waals surface area contributed by atoms with E-state index in [1.54, 1.807) is 0 Å². The molecule has 1 saturated heterocycles. The van der Waals surface area contributed by atoms with Crippen LogP contribution in [0.5, 0.6) is 5.75 Å². The molecule has 1 aliphatic carbocycles. The highest BCUT2D eigenvalue weighted by Gasteiger charge is 2.45. The minimum Gasteiger partial charge on any atom is -0.507 e. The van der Waals surface area contributed by atoms with E-state index in [2.05, 4.69) is 0 Å². The van der Waals surface area contributed by atoms with Crippen LogP contribution in [0.25, 0.3) is 0 Å². The Kier molecular flexibility index (Phi) is 2.74. The molecule has 0 aromatic heterocycles. The normalized spacial score (nSPS) is 25.1. The predicted molar refractivity (Wildman–Crippen MR) is 68.4 cm³/mol. The molecule has 2 amide bonds. The van der Waals surface area contributed by atoms with Crippen molar-refractivity contribution in [1.82, 2.24) is 0 Å². The molecule has 3 rings (SSSR count). The van der Waals surface area contributed by atoms with E-state index in [0.717, 1.165) is 11.0 Å². The number of imide groups is 1. The van der Waals surface area contributed by atoms with Gasteiger partial charge in [0.05, 0.1) is 5.69 Å². The second-order valence-electron chi connectivity index (χ2n) is 5.23. The van der Waals surface area contributed by atoms with Crippen molar-refractivity contribution in [3.05, 3.63) is 23.8 Å². The Balaban J connectivity index is 2.04. The van der Waals surface area contributed by atoms with Crippen LogP contribution < -0.4 is 4.90 Å². The maximum Gasteiger partial charge on any atom is 0.339 e. The van der Waals surface area contributed by atoms with Crippen molar-refractivity contribution in [1.29, 1.82) is 0 Å². The molecule has 1 aliphatic heterocycles. The SMILES string of the molecule is O=C(O)c1cc(N2C(=O)C3CCC(C3)C2=O)ccc1O. The summed E-state index contributed by atoms with van der Waals surface area (Å²) in [6, 6.07) is 3.75. The van der Waals surface area contributed by atoms with E-state index in [1.165, 1.54) is 12.1 Å². The van der Waals surface area contributed by atoms with Crippen LogP contribution in [0, 0.1) is 11.8 Å². The fraction of sp³-hybridized carbons (Fsp3) is 0.357. The number of hydrogen-bond acceptors (Lipinski definition) is 4. The topological polar surface area (TPSA) is 94.9 Å². The average molecular weight is 275 g/mol. The Labute approximate surface area is 114 Å². The fourth-order valence-corrected chi connectivity index (χ4v) is 2.99. The lowest BCUT2D eigenvalue weighted by Crippen LogP contribution is -2.46. The molecule has 1 heterocycles. The first-order chi connectivity index (χ1) is 9.49. The Hall–Kier alpha value is -2.37. The van der Waals surface area contributed by atoms with E-state index in [0.29, 0.717) is 19.3 Å². The first-order valence-corrected chi connectivity index (χ1v) is 6.43. The molecule has 104 valence electrons. The average Bonchev–Trinajstić information content (AvgIpc) is 2.85. The predicted octanol–water partition coefficient (Wildman–Crippen LogP) is 1.38. The van der Waals surface area contributed by atoms with E-state index < -0.39 is 5.97 Å². The third-order valence-corrected chi connectivity index (χ3v) is 4.04. The number of rotatable bonds is 2. The van der Waals surface area contributed by atoms with Crippen molar-refractivity contribution in [2.45, 2.75) is 19.3 Å². The molecule has 2 unspecified atom stereocenters. The van der Waals surface area contributed by atoms with Gasteiger partial charge >= 0.3 is 5.97 Å². The number of carboxylic acid groups (broad SMARTS) is 1. The maximum absolute atomic E-state index is 12.3. The lowest BCUT2D eigenvalue weighted by atomic mass is 9.96. The van der Waals surface area contributed by atoms with Gasteiger partial charge in [-0.3, -0.25) is 14.5 Å². The number of carbonyl (C=O) groups is 3. The van der Waals surface area contributed by atoms with Crippen LogP contribution in [0.1, 0.15) is 29.6 Å². The van der Waals surface area contributed by atoms with Gasteiger partial charge in [0.2, 0.25) is 11.8 Å². The van der Waals surface area contributed by atoms with Gasteiger partial charge in [-0.15, -0.1) is 0 Å². The Bertz CT molecular complexity index is 602. The minimum absolute atomic E-state index is 0.153. The number of carboxylic acids is 1. The number of benzene rings is 1. The molecular formula is C14H13NO5. The highest BCUT2D eigenvalue weighted by Crippen LogP contribution is 2.40. The summed E-state index contributed by atoms with van der Waals surface area (Å²) in [6.45, 7) is 0. The van der Waals surface area contributed by atoms with Crippen molar-refractivity contribution in [3.63, 3.8) is 0 Å². The smallest absolute Gasteiger partial charge is 0.339 e. The van der Waals surface area contributed by atoms with Crippen molar-refractivity contribution in [2.24, 2.45) is 11.8 Å². The zero-order chi connectivity index (χ0) is 14.4. The van der Waals surface area contributed by atoms with Gasteiger partial charge in [-0.2, -0.15) is 0 Å². The summed E-state index contributed by atoms with van der Waals surface area (Å²) in [5, 5.41) is 18.5. The lowest BCUT2D eigenvalue weighted by Gasteiger charge is -2.29. The second kappa shape index (κ2) is 4.33. The highest BCUT2D eigenvalue weighted by atomic mass is 16.4. The number of hydrogen-bond donors (Lipinski definition) is 2. The summed E-state index contributed by atoms with van der Waals surface area (Å²) >= 11 is 0. The fourth-order valence-electron chi connectivity index (χ4n) is 2.99. The standard InChI is InChI=1S/C14H13NO5/c16-11-4-3-9(6-10(11)14(19)20)15-12(17)7-1-2-8(5-7)13(15)18/h3-4,6-8,16H,1-2,5H2,(H,19,20). The number of anilines is 1. The Morgan fingerprint density at radius 1 is 1.15 bits per heavy atom. The molecule has 2 N–H and O–H groups in total. The monoisotopic (exact) mass is 275 g/mol. The van der Waals surface area contributed by atoms with Gasteiger partial charge in [0, 0.05) is 11.8 Å². The van der Waals surface area contributed by atoms with Crippen molar-refractivity contribution >= 4 is 23.5 Å². The van der Waals surface area contributed by atoms with Crippen LogP contribution in [-0.2, 0) is 9.59 Å². The van der Waals surface area contributed by atoms with Crippen LogP contribution in [0.4, 0.5) is 5.69 Å². The van der Waals surface area contributed by atoms with E-state index in [-0.39, 0.29) is 40.7 Å². The van der Waals surface area contributed by atoms with E-state index in [9.17, 15) is 19.5 Å². The van der Waals surface area contributed by atoms with Crippen LogP contribution in [0.2, 0.25) is 0 Å².